The van der Waals surface area contributed by atoms with Gasteiger partial charge in [0.2, 0.25) is 0 Å². The van der Waals surface area contributed by atoms with Gasteiger partial charge in [0.15, 0.2) is 0 Å². The van der Waals surface area contributed by atoms with Crippen LogP contribution >= 0.6 is 0 Å². The summed E-state index contributed by atoms with van der Waals surface area (Å²) in [6, 6.07) is 0.521. The van der Waals surface area contributed by atoms with Crippen molar-refractivity contribution in [2.24, 2.45) is 11.3 Å². The molecule has 0 aromatic rings. The van der Waals surface area contributed by atoms with Crippen LogP contribution in [-0.4, -0.2) is 38.5 Å². The molecule has 0 radical (unpaired) electrons. The minimum absolute atomic E-state index is 0.268. The molecule has 0 bridgehead atoms. The van der Waals surface area contributed by atoms with E-state index in [1.807, 2.05) is 0 Å². The average molecular weight is 239 g/mol. The van der Waals surface area contributed by atoms with E-state index in [2.05, 4.69) is 12.2 Å². The van der Waals surface area contributed by atoms with Crippen molar-refractivity contribution in [3.05, 3.63) is 0 Å². The van der Waals surface area contributed by atoms with Crippen molar-refractivity contribution in [3.63, 3.8) is 0 Å². The van der Waals surface area contributed by atoms with Gasteiger partial charge in [-0.1, -0.05) is 0 Å². The predicted molar refractivity (Wildman–Crippen MR) is 67.0 cm³/mol. The van der Waals surface area contributed by atoms with Gasteiger partial charge in [-0.2, -0.15) is 0 Å². The van der Waals surface area contributed by atoms with Gasteiger partial charge in [-0.05, 0) is 50.4 Å². The van der Waals surface area contributed by atoms with Crippen LogP contribution < -0.4 is 5.32 Å². The maximum atomic E-state index is 5.65. The Kier molecular flexibility index (Phi) is 3.18. The number of ether oxygens (including phenoxy) is 2. The molecular formula is C14H25NO2. The topological polar surface area (TPSA) is 30.5 Å². The fraction of sp³-hybridized carbons (Fsp3) is 1.00. The van der Waals surface area contributed by atoms with Crippen molar-refractivity contribution in [3.8, 4) is 0 Å². The van der Waals surface area contributed by atoms with Crippen molar-refractivity contribution >= 4 is 0 Å². The second kappa shape index (κ2) is 4.52. The fourth-order valence-corrected chi connectivity index (χ4v) is 3.39. The van der Waals surface area contributed by atoms with Crippen LogP contribution in [0.15, 0.2) is 0 Å². The molecule has 1 N–H and O–H groups in total. The Hall–Kier alpha value is -0.120. The minimum atomic E-state index is 0.268. The lowest BCUT2D eigenvalue weighted by molar-refractivity contribution is -0.131. The molecule has 3 atom stereocenters. The maximum Gasteiger partial charge on any atom is 0.0986 e. The molecule has 3 nitrogen and oxygen atoms in total. The van der Waals surface area contributed by atoms with Gasteiger partial charge < -0.3 is 14.8 Å². The molecule has 98 valence electrons. The van der Waals surface area contributed by atoms with Crippen molar-refractivity contribution in [1.29, 1.82) is 0 Å². The zero-order valence-corrected chi connectivity index (χ0v) is 11.1. The molecule has 3 unspecified atom stereocenters. The van der Waals surface area contributed by atoms with E-state index in [-0.39, 0.29) is 6.10 Å². The summed E-state index contributed by atoms with van der Waals surface area (Å²) < 4.78 is 11.2. The molecule has 3 fully saturated rings. The number of hydrogen-bond acceptors (Lipinski definition) is 3. The first kappa shape index (κ1) is 11.9. The smallest absolute Gasteiger partial charge is 0.0986 e. The van der Waals surface area contributed by atoms with Gasteiger partial charge in [-0.15, -0.1) is 0 Å². The molecule has 0 spiro atoms. The standard InChI is InChI=1S/C14H25NO2/c1-3-17-12-8-11(13(12)16-2)15-9-14(6-7-14)10-4-5-10/h10-13,15H,3-9H2,1-2H3. The molecule has 17 heavy (non-hydrogen) atoms. The van der Waals surface area contributed by atoms with Crippen molar-refractivity contribution in [2.75, 3.05) is 20.3 Å². The Morgan fingerprint density at radius 3 is 2.59 bits per heavy atom. The lowest BCUT2D eigenvalue weighted by atomic mass is 9.84. The molecule has 3 aliphatic rings. The van der Waals surface area contributed by atoms with E-state index >= 15 is 0 Å². The van der Waals surface area contributed by atoms with E-state index in [1.54, 1.807) is 7.11 Å². The molecule has 3 saturated carbocycles. The van der Waals surface area contributed by atoms with Crippen LogP contribution in [0.1, 0.15) is 39.0 Å². The van der Waals surface area contributed by atoms with E-state index in [4.69, 9.17) is 9.47 Å². The van der Waals surface area contributed by atoms with E-state index in [0.29, 0.717) is 17.6 Å². The van der Waals surface area contributed by atoms with Crippen molar-refractivity contribution in [1.82, 2.24) is 5.32 Å². The first-order valence-electron chi connectivity index (χ1n) is 7.17. The summed E-state index contributed by atoms with van der Waals surface area (Å²) >= 11 is 0. The SMILES string of the molecule is CCOC1CC(NCC2(C3CC3)CC2)C1OC. The fourth-order valence-electron chi connectivity index (χ4n) is 3.39. The van der Waals surface area contributed by atoms with Crippen molar-refractivity contribution < 1.29 is 9.47 Å². The third-order valence-electron chi connectivity index (χ3n) is 4.95. The predicted octanol–water partition coefficient (Wildman–Crippen LogP) is 1.96. The minimum Gasteiger partial charge on any atom is -0.377 e. The van der Waals surface area contributed by atoms with Gasteiger partial charge in [0.25, 0.3) is 0 Å². The van der Waals surface area contributed by atoms with Crippen molar-refractivity contribution in [2.45, 2.75) is 57.3 Å². The summed E-state index contributed by atoms with van der Waals surface area (Å²) in [5.74, 6) is 1.04. The highest BCUT2D eigenvalue weighted by Crippen LogP contribution is 2.60. The van der Waals surface area contributed by atoms with Crippen LogP contribution in [0.5, 0.6) is 0 Å². The summed E-state index contributed by atoms with van der Waals surface area (Å²) in [4.78, 5) is 0. The molecule has 0 amide bonds. The van der Waals surface area contributed by atoms with E-state index in [9.17, 15) is 0 Å². The molecule has 3 heteroatoms. The van der Waals surface area contributed by atoms with Gasteiger partial charge >= 0.3 is 0 Å². The average Bonchev–Trinajstić information content (AvgIpc) is 3.15. The largest absolute Gasteiger partial charge is 0.377 e. The Balaban J connectivity index is 1.43. The second-order valence-electron chi connectivity index (χ2n) is 6.05. The first-order chi connectivity index (χ1) is 8.29. The van der Waals surface area contributed by atoms with Gasteiger partial charge in [-0.25, -0.2) is 0 Å². The third kappa shape index (κ3) is 2.25. The Bertz CT molecular complexity index is 273. The summed E-state index contributed by atoms with van der Waals surface area (Å²) in [6.45, 7) is 4.06. The number of methoxy groups -OCH3 is 1. The van der Waals surface area contributed by atoms with Gasteiger partial charge in [0.1, 0.15) is 0 Å². The molecular weight excluding hydrogens is 214 g/mol. The summed E-state index contributed by atoms with van der Waals surface area (Å²) in [6.07, 6.45) is 7.55. The molecule has 0 aliphatic heterocycles. The third-order valence-corrected chi connectivity index (χ3v) is 4.95. The highest BCUT2D eigenvalue weighted by atomic mass is 16.5. The van der Waals surface area contributed by atoms with Crippen LogP contribution in [0.2, 0.25) is 0 Å². The molecule has 0 aromatic carbocycles. The Labute approximate surface area is 104 Å². The zero-order valence-electron chi connectivity index (χ0n) is 11.1. The first-order valence-corrected chi connectivity index (χ1v) is 7.17. The normalized spacial score (nSPS) is 38.8. The molecule has 0 saturated heterocycles. The summed E-state index contributed by atoms with van der Waals surface area (Å²) in [5.41, 5.74) is 0.689. The summed E-state index contributed by atoms with van der Waals surface area (Å²) in [5, 5.41) is 3.73. The monoisotopic (exact) mass is 239 g/mol. The van der Waals surface area contributed by atoms with Crippen LogP contribution in [-0.2, 0) is 9.47 Å². The summed E-state index contributed by atoms with van der Waals surface area (Å²) in [7, 11) is 1.80. The number of nitrogens with one attached hydrogen (secondary N) is 1. The van der Waals surface area contributed by atoms with E-state index < -0.39 is 0 Å². The zero-order chi connectivity index (χ0) is 11.9. The van der Waals surface area contributed by atoms with Gasteiger partial charge in [0, 0.05) is 26.3 Å². The van der Waals surface area contributed by atoms with Crippen LogP contribution in [0.3, 0.4) is 0 Å². The van der Waals surface area contributed by atoms with Gasteiger partial charge in [-0.3, -0.25) is 0 Å². The lowest BCUT2D eigenvalue weighted by Gasteiger charge is -2.44. The highest BCUT2D eigenvalue weighted by molar-refractivity contribution is 5.07. The quantitative estimate of drug-likeness (QED) is 0.736. The number of hydrogen-bond donors (Lipinski definition) is 1. The lowest BCUT2D eigenvalue weighted by Crippen LogP contribution is -2.60. The van der Waals surface area contributed by atoms with Crippen LogP contribution in [0, 0.1) is 11.3 Å². The maximum absolute atomic E-state index is 5.65. The van der Waals surface area contributed by atoms with Crippen LogP contribution in [0.4, 0.5) is 0 Å². The molecule has 3 aliphatic carbocycles. The Morgan fingerprint density at radius 2 is 2.06 bits per heavy atom. The highest BCUT2D eigenvalue weighted by Gasteiger charge is 2.54. The van der Waals surface area contributed by atoms with E-state index in [1.165, 1.54) is 32.2 Å². The molecule has 0 heterocycles. The second-order valence-corrected chi connectivity index (χ2v) is 6.05. The van der Waals surface area contributed by atoms with Crippen LogP contribution in [0.25, 0.3) is 0 Å². The Morgan fingerprint density at radius 1 is 1.29 bits per heavy atom. The van der Waals surface area contributed by atoms with Gasteiger partial charge in [0.05, 0.1) is 12.2 Å². The molecule has 0 aromatic heterocycles. The van der Waals surface area contributed by atoms with E-state index in [0.717, 1.165) is 18.9 Å². The molecule has 3 rings (SSSR count). The number of rotatable bonds is 7.